The summed E-state index contributed by atoms with van der Waals surface area (Å²) in [7, 11) is 0. The second-order valence-corrected chi connectivity index (χ2v) is 4.11. The highest BCUT2D eigenvalue weighted by atomic mass is 16.6. The summed E-state index contributed by atoms with van der Waals surface area (Å²) in [5, 5.41) is 15.0. The first-order valence-electron chi connectivity index (χ1n) is 6.21. The average Bonchev–Trinajstić information content (AvgIpc) is 2.48. The quantitative estimate of drug-likeness (QED) is 0.890. The second kappa shape index (κ2) is 6.89. The lowest BCUT2D eigenvalue weighted by atomic mass is 10.2. The topological polar surface area (TPSA) is 108 Å². The van der Waals surface area contributed by atoms with Gasteiger partial charge in [-0.1, -0.05) is 36.4 Å². The van der Waals surface area contributed by atoms with Crippen molar-refractivity contribution in [1.82, 2.24) is 5.32 Å². The molecule has 3 amide bonds. The molecular weight excluding hydrogens is 288 g/mol. The van der Waals surface area contributed by atoms with E-state index in [0.717, 1.165) is 0 Å². The smallest absolute Gasteiger partial charge is 0.420 e. The molecule has 0 spiro atoms. The number of nitrogens with one attached hydrogen (secondary N) is 2. The Morgan fingerprint density at radius 1 is 0.909 bits per heavy atom. The van der Waals surface area contributed by atoms with Crippen LogP contribution in [0.15, 0.2) is 54.6 Å². The molecule has 0 fully saturated rings. The van der Waals surface area contributed by atoms with Crippen molar-refractivity contribution in [2.45, 2.75) is 0 Å². The number of ether oxygens (including phenoxy) is 1. The van der Waals surface area contributed by atoms with E-state index >= 15 is 0 Å². The van der Waals surface area contributed by atoms with Gasteiger partial charge in [-0.25, -0.2) is 14.9 Å². The fraction of sp³-hybridized carbons (Fsp3) is 0. The first-order chi connectivity index (χ1) is 10.6. The molecule has 0 heterocycles. The first kappa shape index (κ1) is 15.0. The lowest BCUT2D eigenvalue weighted by Gasteiger charge is -2.11. The maximum absolute atomic E-state index is 11.7. The summed E-state index contributed by atoms with van der Waals surface area (Å²) in [6, 6.07) is 12.9. The zero-order valence-electron chi connectivity index (χ0n) is 11.2. The third-order valence-electron chi connectivity index (χ3n) is 2.56. The molecule has 0 bridgehead atoms. The van der Waals surface area contributed by atoms with Crippen molar-refractivity contribution >= 4 is 23.8 Å². The number of benzene rings is 2. The zero-order chi connectivity index (χ0) is 15.9. The van der Waals surface area contributed by atoms with Crippen molar-refractivity contribution in [2.75, 3.05) is 5.32 Å². The first-order valence-corrected chi connectivity index (χ1v) is 6.21. The highest BCUT2D eigenvalue weighted by Gasteiger charge is 2.11. The van der Waals surface area contributed by atoms with Gasteiger partial charge in [0.05, 0.1) is 11.7 Å². The minimum Gasteiger partial charge on any atom is -0.545 e. The summed E-state index contributed by atoms with van der Waals surface area (Å²) in [5.74, 6) is -1.18. The summed E-state index contributed by atoms with van der Waals surface area (Å²) >= 11 is 0. The van der Waals surface area contributed by atoms with E-state index in [1.54, 1.807) is 30.3 Å². The Morgan fingerprint density at radius 2 is 1.55 bits per heavy atom. The SMILES string of the molecule is O=C(NC(=O)Oc1ccccc1)Nc1ccccc1C(=O)[O-]. The van der Waals surface area contributed by atoms with Crippen molar-refractivity contribution < 1.29 is 24.2 Å². The van der Waals surface area contributed by atoms with E-state index in [-0.39, 0.29) is 17.0 Å². The zero-order valence-corrected chi connectivity index (χ0v) is 11.2. The number of anilines is 1. The normalized spacial score (nSPS) is 9.64. The van der Waals surface area contributed by atoms with Gasteiger partial charge in [-0.2, -0.15) is 0 Å². The van der Waals surface area contributed by atoms with E-state index in [2.05, 4.69) is 5.32 Å². The van der Waals surface area contributed by atoms with Crippen LogP contribution in [-0.2, 0) is 0 Å². The molecule has 0 radical (unpaired) electrons. The minimum absolute atomic E-state index is 0.00695. The summed E-state index contributed by atoms with van der Waals surface area (Å²) < 4.78 is 4.86. The third kappa shape index (κ3) is 4.07. The number of para-hydroxylation sites is 2. The van der Waals surface area contributed by atoms with E-state index in [0.29, 0.717) is 0 Å². The predicted octanol–water partition coefficient (Wildman–Crippen LogP) is 1.37. The van der Waals surface area contributed by atoms with Gasteiger partial charge in [0.25, 0.3) is 0 Å². The van der Waals surface area contributed by atoms with Crippen molar-refractivity contribution in [2.24, 2.45) is 0 Å². The molecule has 2 rings (SSSR count). The molecule has 0 saturated carbocycles. The van der Waals surface area contributed by atoms with Gasteiger partial charge in [0, 0.05) is 5.56 Å². The third-order valence-corrected chi connectivity index (χ3v) is 2.56. The Hall–Kier alpha value is -3.35. The van der Waals surface area contributed by atoms with Crippen LogP contribution in [0.4, 0.5) is 15.3 Å². The average molecular weight is 299 g/mol. The van der Waals surface area contributed by atoms with Gasteiger partial charge in [-0.05, 0) is 18.2 Å². The Morgan fingerprint density at radius 3 is 2.23 bits per heavy atom. The summed E-state index contributed by atoms with van der Waals surface area (Å²) in [5.41, 5.74) is -0.193. The highest BCUT2D eigenvalue weighted by Crippen LogP contribution is 2.13. The van der Waals surface area contributed by atoms with Crippen LogP contribution in [0, 0.1) is 0 Å². The van der Waals surface area contributed by atoms with Crippen LogP contribution in [-0.4, -0.2) is 18.1 Å². The Balaban J connectivity index is 1.96. The van der Waals surface area contributed by atoms with Crippen LogP contribution in [0.2, 0.25) is 0 Å². The molecule has 0 aromatic heterocycles. The van der Waals surface area contributed by atoms with Crippen LogP contribution >= 0.6 is 0 Å². The lowest BCUT2D eigenvalue weighted by Crippen LogP contribution is -2.37. The molecule has 112 valence electrons. The van der Waals surface area contributed by atoms with Crippen molar-refractivity contribution in [3.05, 3.63) is 60.2 Å². The number of urea groups is 1. The van der Waals surface area contributed by atoms with Crippen molar-refractivity contribution in [3.63, 3.8) is 0 Å². The molecule has 0 aliphatic rings. The Kier molecular flexibility index (Phi) is 4.71. The van der Waals surface area contributed by atoms with Crippen LogP contribution in [0.25, 0.3) is 0 Å². The molecule has 0 aliphatic heterocycles. The fourth-order valence-electron chi connectivity index (χ4n) is 1.64. The number of rotatable bonds is 3. The summed E-state index contributed by atoms with van der Waals surface area (Å²) in [6.45, 7) is 0. The van der Waals surface area contributed by atoms with Crippen LogP contribution < -0.4 is 20.5 Å². The number of hydrogen-bond acceptors (Lipinski definition) is 5. The minimum atomic E-state index is -1.44. The molecule has 0 atom stereocenters. The highest BCUT2D eigenvalue weighted by molar-refractivity contribution is 6.03. The Labute approximate surface area is 125 Å². The molecule has 2 aromatic rings. The van der Waals surface area contributed by atoms with Gasteiger partial charge < -0.3 is 20.0 Å². The van der Waals surface area contributed by atoms with Gasteiger partial charge in [0.2, 0.25) is 0 Å². The van der Waals surface area contributed by atoms with Gasteiger partial charge in [0.1, 0.15) is 5.75 Å². The fourth-order valence-corrected chi connectivity index (χ4v) is 1.64. The molecular formula is C15H11N2O5-. The van der Waals surface area contributed by atoms with Gasteiger partial charge in [0.15, 0.2) is 0 Å². The largest absolute Gasteiger partial charge is 0.545 e. The number of carbonyl (C=O) groups excluding carboxylic acids is 3. The lowest BCUT2D eigenvalue weighted by molar-refractivity contribution is -0.254. The summed E-state index contributed by atoms with van der Waals surface area (Å²) in [4.78, 5) is 34.1. The molecule has 0 unspecified atom stereocenters. The molecule has 22 heavy (non-hydrogen) atoms. The number of imide groups is 1. The van der Waals surface area contributed by atoms with E-state index < -0.39 is 18.1 Å². The molecule has 2 N–H and O–H groups in total. The number of carboxylic acid groups (broad SMARTS) is 1. The molecule has 0 saturated heterocycles. The second-order valence-electron chi connectivity index (χ2n) is 4.11. The summed E-state index contributed by atoms with van der Waals surface area (Å²) in [6.07, 6.45) is -0.991. The van der Waals surface area contributed by atoms with Gasteiger partial charge >= 0.3 is 12.1 Å². The van der Waals surface area contributed by atoms with Crippen LogP contribution in [0.3, 0.4) is 0 Å². The van der Waals surface area contributed by atoms with E-state index in [1.165, 1.54) is 24.3 Å². The monoisotopic (exact) mass is 299 g/mol. The number of hydrogen-bond donors (Lipinski definition) is 2. The van der Waals surface area contributed by atoms with Gasteiger partial charge in [-0.3, -0.25) is 0 Å². The number of carbonyl (C=O) groups is 3. The standard InChI is InChI=1S/C15H12N2O5/c18-13(19)11-8-4-5-9-12(11)16-14(20)17-15(21)22-10-6-2-1-3-7-10/h1-9H,(H,18,19)(H2,16,17,20,21)/p-1. The van der Waals surface area contributed by atoms with E-state index in [4.69, 9.17) is 4.74 Å². The van der Waals surface area contributed by atoms with E-state index in [1.807, 2.05) is 5.32 Å². The van der Waals surface area contributed by atoms with Gasteiger partial charge in [-0.15, -0.1) is 0 Å². The van der Waals surface area contributed by atoms with Crippen LogP contribution in [0.1, 0.15) is 10.4 Å². The predicted molar refractivity (Wildman–Crippen MR) is 75.4 cm³/mol. The van der Waals surface area contributed by atoms with Crippen molar-refractivity contribution in [1.29, 1.82) is 0 Å². The maximum atomic E-state index is 11.7. The van der Waals surface area contributed by atoms with E-state index in [9.17, 15) is 19.5 Å². The number of aromatic carboxylic acids is 1. The van der Waals surface area contributed by atoms with Crippen LogP contribution in [0.5, 0.6) is 5.75 Å². The molecule has 2 aromatic carbocycles. The maximum Gasteiger partial charge on any atom is 0.420 e. The number of carboxylic acids is 1. The number of amides is 3. The molecule has 7 heteroatoms. The Bertz CT molecular complexity index is 700. The molecule has 7 nitrogen and oxygen atoms in total. The van der Waals surface area contributed by atoms with Crippen molar-refractivity contribution in [3.8, 4) is 5.75 Å². The molecule has 0 aliphatic carbocycles.